The van der Waals surface area contributed by atoms with Gasteiger partial charge in [-0.1, -0.05) is 0 Å². The molecule has 1 aromatic carbocycles. The van der Waals surface area contributed by atoms with Gasteiger partial charge in [-0.2, -0.15) is 13.2 Å². The number of aliphatic hydroxyl groups excluding tert-OH is 1. The third-order valence-electron chi connectivity index (χ3n) is 3.49. The quantitative estimate of drug-likeness (QED) is 0.840. The topological polar surface area (TPSA) is 52.6 Å². The first-order valence-corrected chi connectivity index (χ1v) is 7.04. The summed E-state index contributed by atoms with van der Waals surface area (Å²) in [4.78, 5) is 13.6. The van der Waals surface area contributed by atoms with Crippen LogP contribution in [0.5, 0.6) is 0 Å². The minimum absolute atomic E-state index is 0.0774. The van der Waals surface area contributed by atoms with E-state index in [9.17, 15) is 23.1 Å². The molecule has 0 saturated carbocycles. The Morgan fingerprint density at radius 3 is 2.62 bits per heavy atom. The highest BCUT2D eigenvalue weighted by Crippen LogP contribution is 2.32. The molecule has 0 spiro atoms. The minimum Gasteiger partial charge on any atom is -0.390 e. The maximum absolute atomic E-state index is 12.7. The number of carbonyl (C=O) groups is 1. The van der Waals surface area contributed by atoms with E-state index >= 15 is 0 Å². The van der Waals surface area contributed by atoms with E-state index in [2.05, 4.69) is 21.2 Å². The molecule has 116 valence electrons. The molecule has 1 fully saturated rings. The number of likely N-dealkylation sites (N-methyl/N-ethyl adjacent to an activating group) is 1. The molecular weight excluding hydrogens is 353 g/mol. The van der Waals surface area contributed by atoms with Crippen LogP contribution in [0.3, 0.4) is 0 Å². The van der Waals surface area contributed by atoms with Crippen molar-refractivity contribution in [1.29, 1.82) is 0 Å². The molecule has 8 heteroatoms. The highest BCUT2D eigenvalue weighted by Gasteiger charge is 2.34. The van der Waals surface area contributed by atoms with Gasteiger partial charge in [0.05, 0.1) is 23.3 Å². The van der Waals surface area contributed by atoms with Gasteiger partial charge in [0.1, 0.15) is 0 Å². The second kappa shape index (κ2) is 5.94. The maximum atomic E-state index is 12.7. The van der Waals surface area contributed by atoms with Gasteiger partial charge >= 0.3 is 6.18 Å². The summed E-state index contributed by atoms with van der Waals surface area (Å²) in [6.45, 7) is 0.756. The number of aliphatic hydroxyl groups is 1. The molecule has 1 amide bonds. The van der Waals surface area contributed by atoms with Crippen LogP contribution in [0.1, 0.15) is 15.9 Å². The molecule has 4 nitrogen and oxygen atoms in total. The Morgan fingerprint density at radius 1 is 1.43 bits per heavy atom. The number of nitrogens with zero attached hydrogens (tertiary/aromatic N) is 1. The Balaban J connectivity index is 2.30. The lowest BCUT2D eigenvalue weighted by Gasteiger charge is -2.27. The highest BCUT2D eigenvalue weighted by molar-refractivity contribution is 9.10. The monoisotopic (exact) mass is 366 g/mol. The molecule has 2 N–H and O–H groups in total. The molecule has 2 rings (SSSR count). The highest BCUT2D eigenvalue weighted by atomic mass is 79.9. The normalized spacial score (nSPS) is 22.4. The van der Waals surface area contributed by atoms with E-state index in [-0.39, 0.29) is 10.0 Å². The van der Waals surface area contributed by atoms with Gasteiger partial charge in [0.15, 0.2) is 0 Å². The lowest BCUT2D eigenvalue weighted by atomic mass is 10.1. The number of alkyl halides is 3. The van der Waals surface area contributed by atoms with Crippen LogP contribution in [0, 0.1) is 0 Å². The summed E-state index contributed by atoms with van der Waals surface area (Å²) in [5.74, 6) is -0.569. The Hall–Kier alpha value is -1.12. The molecule has 21 heavy (non-hydrogen) atoms. The van der Waals surface area contributed by atoms with E-state index in [4.69, 9.17) is 0 Å². The number of hydrogen-bond donors (Lipinski definition) is 2. The van der Waals surface area contributed by atoms with Crippen molar-refractivity contribution in [3.05, 3.63) is 33.8 Å². The number of benzene rings is 1. The lowest BCUT2D eigenvalue weighted by Crippen LogP contribution is -2.44. The van der Waals surface area contributed by atoms with Crippen LogP contribution in [-0.4, -0.2) is 48.2 Å². The van der Waals surface area contributed by atoms with Crippen molar-refractivity contribution in [3.8, 4) is 0 Å². The Morgan fingerprint density at radius 2 is 2.10 bits per heavy atom. The molecule has 1 heterocycles. The fraction of sp³-hybridized carbons (Fsp3) is 0.462. The predicted molar refractivity (Wildman–Crippen MR) is 73.9 cm³/mol. The summed E-state index contributed by atoms with van der Waals surface area (Å²) in [5, 5.41) is 12.7. The molecule has 1 aromatic rings. The minimum atomic E-state index is -4.51. The van der Waals surface area contributed by atoms with Gasteiger partial charge in [-0.05, 0) is 34.1 Å². The van der Waals surface area contributed by atoms with Gasteiger partial charge in [0.2, 0.25) is 0 Å². The molecule has 0 radical (unpaired) electrons. The molecule has 1 saturated heterocycles. The second-order valence-corrected chi connectivity index (χ2v) is 5.76. The number of halogens is 4. The van der Waals surface area contributed by atoms with Gasteiger partial charge in [-0.3, -0.25) is 4.79 Å². The van der Waals surface area contributed by atoms with Crippen LogP contribution in [0.2, 0.25) is 0 Å². The Kier molecular flexibility index (Phi) is 4.60. The Bertz CT molecular complexity index is 551. The fourth-order valence-corrected chi connectivity index (χ4v) is 2.67. The van der Waals surface area contributed by atoms with Crippen molar-refractivity contribution in [2.45, 2.75) is 18.3 Å². The van der Waals surface area contributed by atoms with Crippen molar-refractivity contribution in [1.82, 2.24) is 10.2 Å². The van der Waals surface area contributed by atoms with E-state index in [1.165, 1.54) is 18.0 Å². The van der Waals surface area contributed by atoms with Crippen LogP contribution in [0.25, 0.3) is 0 Å². The molecule has 0 aromatic heterocycles. The van der Waals surface area contributed by atoms with Crippen LogP contribution in [0.4, 0.5) is 13.2 Å². The number of hydrogen-bond acceptors (Lipinski definition) is 3. The third-order valence-corrected chi connectivity index (χ3v) is 4.18. The predicted octanol–water partition coefficient (Wildman–Crippen LogP) is 1.87. The zero-order valence-electron chi connectivity index (χ0n) is 11.1. The molecule has 0 unspecified atom stereocenters. The summed E-state index contributed by atoms with van der Waals surface area (Å²) >= 11 is 3.10. The van der Waals surface area contributed by atoms with Crippen molar-refractivity contribution in [2.75, 3.05) is 20.1 Å². The van der Waals surface area contributed by atoms with Crippen molar-refractivity contribution in [2.24, 2.45) is 0 Å². The van der Waals surface area contributed by atoms with Crippen LogP contribution >= 0.6 is 15.9 Å². The number of amides is 1. The molecule has 0 aliphatic carbocycles. The molecular formula is C13H14BrF3N2O2. The summed E-state index contributed by atoms with van der Waals surface area (Å²) in [6.07, 6.45) is -5.24. The van der Waals surface area contributed by atoms with E-state index in [0.717, 1.165) is 12.1 Å². The van der Waals surface area contributed by atoms with Crippen LogP contribution < -0.4 is 5.32 Å². The van der Waals surface area contributed by atoms with E-state index in [1.807, 2.05) is 0 Å². The first-order chi connectivity index (χ1) is 9.71. The summed E-state index contributed by atoms with van der Waals surface area (Å²) in [5.41, 5.74) is -0.959. The second-order valence-electron chi connectivity index (χ2n) is 4.90. The first kappa shape index (κ1) is 16.3. The zero-order valence-corrected chi connectivity index (χ0v) is 12.7. The SMILES string of the molecule is CN(C(=O)c1cc(C(F)(F)F)ccc1Br)[C@@H]1CNC[C@H]1O. The van der Waals surface area contributed by atoms with E-state index in [1.54, 1.807) is 0 Å². The maximum Gasteiger partial charge on any atom is 0.416 e. The molecule has 1 aliphatic rings. The van der Waals surface area contributed by atoms with Crippen LogP contribution in [-0.2, 0) is 6.18 Å². The van der Waals surface area contributed by atoms with Gasteiger partial charge in [0, 0.05) is 24.6 Å². The van der Waals surface area contributed by atoms with Gasteiger partial charge in [0.25, 0.3) is 5.91 Å². The average molecular weight is 367 g/mol. The number of rotatable bonds is 2. The number of carbonyl (C=O) groups excluding carboxylic acids is 1. The van der Waals surface area contributed by atoms with Crippen molar-refractivity contribution < 1.29 is 23.1 Å². The summed E-state index contributed by atoms with van der Waals surface area (Å²) in [6, 6.07) is 2.47. The molecule has 1 aliphatic heterocycles. The van der Waals surface area contributed by atoms with E-state index < -0.39 is 29.8 Å². The number of nitrogens with one attached hydrogen (secondary N) is 1. The van der Waals surface area contributed by atoms with Gasteiger partial charge in [-0.15, -0.1) is 0 Å². The van der Waals surface area contributed by atoms with Crippen molar-refractivity contribution >= 4 is 21.8 Å². The molecule has 0 bridgehead atoms. The first-order valence-electron chi connectivity index (χ1n) is 6.24. The number of β-amino-alcohol motifs (C(OH)–C–C–N with tert-alkyl or cyclic N) is 1. The Labute approximate surface area is 128 Å². The van der Waals surface area contributed by atoms with Gasteiger partial charge < -0.3 is 15.3 Å². The fourth-order valence-electron chi connectivity index (χ4n) is 2.25. The largest absolute Gasteiger partial charge is 0.416 e. The summed E-state index contributed by atoms with van der Waals surface area (Å²) < 4.78 is 38.5. The van der Waals surface area contributed by atoms with Crippen molar-refractivity contribution in [3.63, 3.8) is 0 Å². The average Bonchev–Trinajstić information content (AvgIpc) is 2.82. The van der Waals surface area contributed by atoms with Gasteiger partial charge in [-0.25, -0.2) is 0 Å². The summed E-state index contributed by atoms with van der Waals surface area (Å²) in [7, 11) is 1.47. The standard InChI is InChI=1S/C13H14BrF3N2O2/c1-19(10-5-18-6-11(10)20)12(21)8-4-7(13(15,16)17)2-3-9(8)14/h2-4,10-11,18,20H,5-6H2,1H3/t10-,11-/m1/s1. The van der Waals surface area contributed by atoms with Crippen LogP contribution in [0.15, 0.2) is 22.7 Å². The third kappa shape index (κ3) is 3.38. The zero-order chi connectivity index (χ0) is 15.8. The lowest BCUT2D eigenvalue weighted by molar-refractivity contribution is -0.137. The smallest absolute Gasteiger partial charge is 0.390 e. The molecule has 2 atom stereocenters. The van der Waals surface area contributed by atoms with E-state index in [0.29, 0.717) is 13.1 Å².